The molecule has 22 fully saturated rings. The van der Waals surface area contributed by atoms with Crippen LogP contribution in [0.1, 0.15) is 6.42 Å². The molecule has 22 saturated heterocycles. The van der Waals surface area contributed by atoms with Crippen molar-refractivity contribution in [2.45, 2.75) is 191 Å². The summed E-state index contributed by atoms with van der Waals surface area (Å²) in [6, 6.07) is 0. The van der Waals surface area contributed by atoms with Gasteiger partial charge in [0.15, 0.2) is 37.7 Å². The Hall–Kier alpha value is -1.09. The lowest BCUT2D eigenvalue weighted by molar-refractivity contribution is -0.405. The van der Waals surface area contributed by atoms with Crippen molar-refractivity contribution in [3.63, 3.8) is 0 Å². The predicted octanol–water partition coefficient (Wildman–Crippen LogP) is -12.5. The fraction of sp³-hybridized carbons (Fsp3) is 1.00. The SMILES string of the molecule is O=P(O)(O)OCCCO[C@@H]1[C@@H](O)[C@H]2O[C@H]3[C@H](O)[C@@H](O)[C@@H](O[C@H]4[C@H](O)[C@@H](O)[C@@H](O[C@H]5[C@H](O)[C@@H](O)[C@@H](O[C@H]6[C@H](O)[C@@H](O)[C@@H](O[C@H]7[C@H](O)[C@@H](O)[C@@H](O[C@H]1[C@@H](CO)O2)O[C@@H]7CO)O[C@@H]6CO)O[C@@H]5CO)O[C@@H]4CO)O[C@@H]3CO. The van der Waals surface area contributed by atoms with Crippen molar-refractivity contribution < 1.29 is 167 Å². The molecule has 0 unspecified atom stereocenters. The highest BCUT2D eigenvalue weighted by Gasteiger charge is 2.59. The minimum Gasteiger partial charge on any atom is -0.394 e. The van der Waals surface area contributed by atoms with E-state index >= 15 is 0 Å². The van der Waals surface area contributed by atoms with Gasteiger partial charge in [-0.1, -0.05) is 0 Å². The molecule has 22 rings (SSSR count). The van der Waals surface area contributed by atoms with Crippen molar-refractivity contribution in [1.29, 1.82) is 0 Å². The zero-order chi connectivity index (χ0) is 54.1. The van der Waals surface area contributed by atoms with Crippen molar-refractivity contribution in [2.75, 3.05) is 52.9 Å². The van der Waals surface area contributed by atoms with E-state index in [0.29, 0.717) is 0 Å². The molecule has 0 radical (unpaired) electrons. The van der Waals surface area contributed by atoms with Gasteiger partial charge in [-0.25, -0.2) is 4.57 Å². The fourth-order valence-electron chi connectivity index (χ4n) is 9.57. The summed E-state index contributed by atoms with van der Waals surface area (Å²) in [7, 11) is -4.96. The van der Waals surface area contributed by atoms with Crippen molar-refractivity contribution >= 4 is 7.82 Å². The zero-order valence-corrected chi connectivity index (χ0v) is 39.6. The molecule has 432 valence electrons. The number of ether oxygens (including phenoxy) is 13. The van der Waals surface area contributed by atoms with Gasteiger partial charge >= 0.3 is 7.82 Å². The van der Waals surface area contributed by atoms with E-state index in [2.05, 4.69) is 4.52 Å². The Morgan fingerprint density at radius 1 is 0.311 bits per heavy atom. The Bertz CT molecular complexity index is 1760. The number of rotatable bonds is 12. The Morgan fingerprint density at radius 3 is 0.784 bits per heavy atom. The second-order valence-electron chi connectivity index (χ2n) is 18.4. The van der Waals surface area contributed by atoms with Crippen LogP contribution in [0, 0.1) is 0 Å². The predicted molar refractivity (Wildman–Crippen MR) is 222 cm³/mol. The van der Waals surface area contributed by atoms with E-state index in [1.54, 1.807) is 0 Å². The summed E-state index contributed by atoms with van der Waals surface area (Å²) >= 11 is 0. The number of aliphatic hydroxyl groups excluding tert-OH is 17. The van der Waals surface area contributed by atoms with Crippen LogP contribution in [-0.4, -0.2) is 334 Å². The lowest BCUT2D eigenvalue weighted by Crippen LogP contribution is -2.69. The Kier molecular flexibility index (Phi) is 21.3. The molecule has 0 aromatic heterocycles. The van der Waals surface area contributed by atoms with E-state index in [4.69, 9.17) is 71.4 Å². The number of aliphatic hydroxyl groups is 17. The maximum absolute atomic E-state index is 11.8. The van der Waals surface area contributed by atoms with Gasteiger partial charge in [-0.05, 0) is 6.42 Å². The van der Waals surface area contributed by atoms with Crippen LogP contribution in [0.2, 0.25) is 0 Å². The first-order valence-corrected chi connectivity index (χ1v) is 25.0. The van der Waals surface area contributed by atoms with E-state index in [1.165, 1.54) is 0 Å². The van der Waals surface area contributed by atoms with E-state index in [9.17, 15) is 91.4 Å². The molecule has 0 aromatic carbocycles. The van der Waals surface area contributed by atoms with Gasteiger partial charge in [0.05, 0.1) is 46.2 Å². The monoisotopic (exact) mass is 1110 g/mol. The lowest BCUT2D eigenvalue weighted by Gasteiger charge is -2.51. The Labute approximate surface area is 418 Å². The highest BCUT2D eigenvalue weighted by Crippen LogP contribution is 2.39. The third-order valence-electron chi connectivity index (χ3n) is 13.5. The molecule has 30 atom stereocenters. The number of phosphoric ester groups is 1. The van der Waals surface area contributed by atoms with Crippen LogP contribution in [0.5, 0.6) is 0 Å². The topological polar surface area (TPSA) is 531 Å². The van der Waals surface area contributed by atoms with Crippen LogP contribution in [0.4, 0.5) is 0 Å². The van der Waals surface area contributed by atoms with E-state index in [1.807, 2.05) is 0 Å². The average molecular weight is 1110 g/mol. The molecule has 22 heterocycles. The van der Waals surface area contributed by atoms with Gasteiger partial charge in [-0.3, -0.25) is 4.52 Å². The first-order valence-electron chi connectivity index (χ1n) is 23.4. The number of hydrogen-bond acceptors (Lipinski definition) is 32. The maximum atomic E-state index is 11.8. The van der Waals surface area contributed by atoms with Crippen LogP contribution in [0.25, 0.3) is 0 Å². The number of hydrogen-bond donors (Lipinski definition) is 19. The van der Waals surface area contributed by atoms with Crippen molar-refractivity contribution in [2.24, 2.45) is 0 Å². The molecule has 12 bridgehead atoms. The second-order valence-corrected chi connectivity index (χ2v) is 19.6. The molecule has 0 saturated carbocycles. The van der Waals surface area contributed by atoms with Crippen LogP contribution in [0.15, 0.2) is 0 Å². The molecular weight excluding hydrogens is 1040 g/mol. The summed E-state index contributed by atoms with van der Waals surface area (Å²) in [5.74, 6) is 0. The van der Waals surface area contributed by atoms with Crippen molar-refractivity contribution in [1.82, 2.24) is 0 Å². The highest BCUT2D eigenvalue weighted by atomic mass is 31.2. The standard InChI is InChI=1S/C39H67O34P/c40-4-10-27-16(46)21(51)34(62-10)69-28-11(5-41)64-36(23(53)18(28)48)71-30-13(7-43)66-38(25(55)20(30)50)73-32-15(9-45)67-39(26(56)33(32)60-2-1-3-61-74(57,58)59)72-31-14(8-44)65-37(24(54)19(31)49)70-29-12(6-42)63-35(68-27)22(52)17(29)47/h10-56H,1-9H2,(H2,57,58,59)/t10-,11-,12-,13-,14-,15-,16-,17-,18-,19-,20-,21-,22-,23-,24-,25-,26-,27-,28-,29-,30-,31-,32+,33-,34-,35-,36-,37-,38-,39-/m1/s1. The van der Waals surface area contributed by atoms with E-state index in [0.717, 1.165) is 0 Å². The average Bonchev–Trinajstić information content (AvgIpc) is 3.37. The van der Waals surface area contributed by atoms with Crippen molar-refractivity contribution in [3.8, 4) is 0 Å². The van der Waals surface area contributed by atoms with E-state index < -0.39 is 245 Å². The third-order valence-corrected chi connectivity index (χ3v) is 14.0. The molecule has 34 nitrogen and oxygen atoms in total. The molecule has 35 heteroatoms. The largest absolute Gasteiger partial charge is 0.469 e. The minimum atomic E-state index is -4.96. The van der Waals surface area contributed by atoms with Crippen molar-refractivity contribution in [3.05, 3.63) is 0 Å². The summed E-state index contributed by atoms with van der Waals surface area (Å²) in [5, 5.41) is 187. The first-order chi connectivity index (χ1) is 35.1. The molecule has 22 aliphatic heterocycles. The summed E-state index contributed by atoms with van der Waals surface area (Å²) in [6.45, 7) is -7.31. The maximum Gasteiger partial charge on any atom is 0.469 e. The van der Waals surface area contributed by atoms with Gasteiger partial charge in [-0.2, -0.15) is 0 Å². The van der Waals surface area contributed by atoms with Gasteiger partial charge in [0.25, 0.3) is 0 Å². The summed E-state index contributed by atoms with van der Waals surface area (Å²) in [4.78, 5) is 18.3. The highest BCUT2D eigenvalue weighted by molar-refractivity contribution is 7.46. The number of phosphoric acid groups is 1. The minimum absolute atomic E-state index is 0.278. The normalized spacial score (nSPS) is 50.9. The first kappa shape index (κ1) is 60.5. The smallest absolute Gasteiger partial charge is 0.394 e. The molecule has 0 aliphatic carbocycles. The van der Waals surface area contributed by atoms with E-state index in [-0.39, 0.29) is 6.42 Å². The fourth-order valence-corrected chi connectivity index (χ4v) is 9.93. The third kappa shape index (κ3) is 12.9. The summed E-state index contributed by atoms with van der Waals surface area (Å²) < 4.78 is 90.5. The molecule has 74 heavy (non-hydrogen) atoms. The van der Waals surface area contributed by atoms with Gasteiger partial charge in [-0.15, -0.1) is 0 Å². The zero-order valence-electron chi connectivity index (χ0n) is 38.8. The molecule has 19 N–H and O–H groups in total. The van der Waals surface area contributed by atoms with Gasteiger partial charge in [0, 0.05) is 6.61 Å². The van der Waals surface area contributed by atoms with Crippen LogP contribution in [0.3, 0.4) is 0 Å². The van der Waals surface area contributed by atoms with Gasteiger partial charge in [0.1, 0.15) is 146 Å². The quantitative estimate of drug-likeness (QED) is 0.0637. The Morgan fingerprint density at radius 2 is 0.541 bits per heavy atom. The lowest BCUT2D eigenvalue weighted by atomic mass is 9.94. The molecule has 0 aromatic rings. The molecular formula is C39H67O34P. The van der Waals surface area contributed by atoms with Gasteiger partial charge in [0.2, 0.25) is 0 Å². The van der Waals surface area contributed by atoms with Gasteiger partial charge < -0.3 is 158 Å². The summed E-state index contributed by atoms with van der Waals surface area (Å²) in [5.41, 5.74) is 0. The van der Waals surface area contributed by atoms with Crippen LogP contribution >= 0.6 is 7.82 Å². The summed E-state index contributed by atoms with van der Waals surface area (Å²) in [6.07, 6.45) is -59.5. The van der Waals surface area contributed by atoms with Crippen LogP contribution < -0.4 is 0 Å². The molecule has 22 aliphatic rings. The van der Waals surface area contributed by atoms with Crippen LogP contribution in [-0.2, 0) is 70.7 Å². The Balaban J connectivity index is 1.21. The molecule has 0 spiro atoms. The second kappa shape index (κ2) is 26.0. The molecule has 0 amide bonds.